The van der Waals surface area contributed by atoms with Gasteiger partial charge in [-0.3, -0.25) is 9.69 Å². The van der Waals surface area contributed by atoms with E-state index in [0.717, 1.165) is 30.4 Å². The summed E-state index contributed by atoms with van der Waals surface area (Å²) in [6.45, 7) is 7.54. The van der Waals surface area contributed by atoms with Gasteiger partial charge in [0, 0.05) is 30.2 Å². The zero-order valence-electron chi connectivity index (χ0n) is 13.4. The highest BCUT2D eigenvalue weighted by Gasteiger charge is 2.20. The number of aromatic amines is 1. The van der Waals surface area contributed by atoms with Crippen molar-refractivity contribution in [2.75, 3.05) is 13.1 Å². The van der Waals surface area contributed by atoms with E-state index >= 15 is 0 Å². The van der Waals surface area contributed by atoms with Crippen LogP contribution in [0.5, 0.6) is 0 Å². The third kappa shape index (κ3) is 3.39. The Balaban J connectivity index is 1.70. The number of rotatable bonds is 4. The molecule has 0 radical (unpaired) electrons. The van der Waals surface area contributed by atoms with E-state index in [1.807, 2.05) is 30.5 Å². The van der Waals surface area contributed by atoms with Gasteiger partial charge in [0.25, 0.3) is 5.56 Å². The Bertz CT molecular complexity index is 684. The molecule has 1 aromatic carbocycles. The van der Waals surface area contributed by atoms with Crippen LogP contribution in [0, 0.1) is 0 Å². The Kier molecular flexibility index (Phi) is 4.60. The van der Waals surface area contributed by atoms with E-state index < -0.39 is 0 Å². The Hall–Kier alpha value is -1.65. The van der Waals surface area contributed by atoms with Gasteiger partial charge in [-0.1, -0.05) is 32.0 Å². The van der Waals surface area contributed by atoms with Crippen LogP contribution < -0.4 is 10.9 Å². The number of fused-ring (bicyclic) bond motifs is 1. The van der Waals surface area contributed by atoms with Gasteiger partial charge in [-0.05, 0) is 42.9 Å². The molecule has 0 atom stereocenters. The van der Waals surface area contributed by atoms with Crippen LogP contribution in [0.4, 0.5) is 0 Å². The van der Waals surface area contributed by atoms with Gasteiger partial charge in [-0.15, -0.1) is 0 Å². The van der Waals surface area contributed by atoms with Gasteiger partial charge in [0.05, 0.1) is 0 Å². The summed E-state index contributed by atoms with van der Waals surface area (Å²) in [4.78, 5) is 17.2. The number of nitrogens with zero attached hydrogens (tertiary/aromatic N) is 1. The molecule has 4 heteroatoms. The van der Waals surface area contributed by atoms with Crippen LogP contribution in [-0.2, 0) is 6.54 Å². The molecule has 0 amide bonds. The van der Waals surface area contributed by atoms with E-state index in [0.29, 0.717) is 12.1 Å². The predicted octanol–water partition coefficient (Wildman–Crippen LogP) is 2.49. The lowest BCUT2D eigenvalue weighted by Crippen LogP contribution is -2.44. The Morgan fingerprint density at radius 2 is 1.91 bits per heavy atom. The van der Waals surface area contributed by atoms with Gasteiger partial charge >= 0.3 is 0 Å². The molecule has 2 heterocycles. The van der Waals surface area contributed by atoms with Crippen LogP contribution in [0.3, 0.4) is 0 Å². The summed E-state index contributed by atoms with van der Waals surface area (Å²) in [5.74, 6) is 0. The minimum Gasteiger partial charge on any atom is -0.328 e. The summed E-state index contributed by atoms with van der Waals surface area (Å²) in [6, 6.07) is 9.07. The number of nitrogens with one attached hydrogen (secondary N) is 2. The van der Waals surface area contributed by atoms with Crippen LogP contribution in [0.25, 0.3) is 10.8 Å². The van der Waals surface area contributed by atoms with Gasteiger partial charge in [0.1, 0.15) is 0 Å². The SMILES string of the molecule is CC(C)NC1CCN(Cc2c[nH]c(=O)c3ccccc23)CC1. The van der Waals surface area contributed by atoms with E-state index in [9.17, 15) is 4.79 Å². The molecule has 4 nitrogen and oxygen atoms in total. The van der Waals surface area contributed by atoms with Crippen LogP contribution in [-0.4, -0.2) is 35.1 Å². The maximum Gasteiger partial charge on any atom is 0.255 e. The molecule has 2 aromatic rings. The standard InChI is InChI=1S/C18H25N3O/c1-13(2)20-15-7-9-21(10-8-15)12-14-11-19-18(22)17-6-4-3-5-16(14)17/h3-6,11,13,15,20H,7-10,12H2,1-2H3,(H,19,22). The smallest absolute Gasteiger partial charge is 0.255 e. The largest absolute Gasteiger partial charge is 0.328 e. The summed E-state index contributed by atoms with van der Waals surface area (Å²) >= 11 is 0. The molecular formula is C18H25N3O. The third-order valence-electron chi connectivity index (χ3n) is 4.45. The van der Waals surface area contributed by atoms with Crippen molar-refractivity contribution < 1.29 is 0 Å². The van der Waals surface area contributed by atoms with Crippen molar-refractivity contribution in [1.82, 2.24) is 15.2 Å². The minimum atomic E-state index is -0.000749. The summed E-state index contributed by atoms with van der Waals surface area (Å²) in [7, 11) is 0. The zero-order chi connectivity index (χ0) is 15.5. The second kappa shape index (κ2) is 6.63. The quantitative estimate of drug-likeness (QED) is 0.912. The average Bonchev–Trinajstić information content (AvgIpc) is 2.52. The highest BCUT2D eigenvalue weighted by Crippen LogP contribution is 2.19. The van der Waals surface area contributed by atoms with Gasteiger partial charge in [-0.2, -0.15) is 0 Å². The van der Waals surface area contributed by atoms with Crippen LogP contribution >= 0.6 is 0 Å². The molecule has 1 aliphatic heterocycles. The maximum absolute atomic E-state index is 11.9. The first-order chi connectivity index (χ1) is 10.6. The number of H-pyrrole nitrogens is 1. The molecule has 1 fully saturated rings. The van der Waals surface area contributed by atoms with E-state index in [2.05, 4.69) is 29.0 Å². The van der Waals surface area contributed by atoms with Crippen molar-refractivity contribution in [1.29, 1.82) is 0 Å². The first-order valence-corrected chi connectivity index (χ1v) is 8.21. The lowest BCUT2D eigenvalue weighted by atomic mass is 10.0. The Labute approximate surface area is 131 Å². The van der Waals surface area contributed by atoms with Crippen molar-refractivity contribution >= 4 is 10.8 Å². The monoisotopic (exact) mass is 299 g/mol. The average molecular weight is 299 g/mol. The molecule has 0 aliphatic carbocycles. The normalized spacial score (nSPS) is 17.4. The number of hydrogen-bond donors (Lipinski definition) is 2. The van der Waals surface area contributed by atoms with E-state index in [1.165, 1.54) is 18.4 Å². The summed E-state index contributed by atoms with van der Waals surface area (Å²) in [5.41, 5.74) is 1.21. The van der Waals surface area contributed by atoms with Gasteiger partial charge in [-0.25, -0.2) is 0 Å². The minimum absolute atomic E-state index is 0.000749. The van der Waals surface area contributed by atoms with E-state index in [4.69, 9.17) is 0 Å². The van der Waals surface area contributed by atoms with Crippen LogP contribution in [0.1, 0.15) is 32.3 Å². The van der Waals surface area contributed by atoms with Crippen molar-refractivity contribution in [2.45, 2.75) is 45.3 Å². The number of piperidine rings is 1. The Morgan fingerprint density at radius 1 is 1.23 bits per heavy atom. The molecule has 22 heavy (non-hydrogen) atoms. The number of benzene rings is 1. The highest BCUT2D eigenvalue weighted by atomic mass is 16.1. The van der Waals surface area contributed by atoms with Crippen LogP contribution in [0.15, 0.2) is 35.3 Å². The molecule has 2 N–H and O–H groups in total. The molecule has 0 spiro atoms. The molecule has 3 rings (SSSR count). The zero-order valence-corrected chi connectivity index (χ0v) is 13.4. The predicted molar refractivity (Wildman–Crippen MR) is 91.1 cm³/mol. The third-order valence-corrected chi connectivity index (χ3v) is 4.45. The first kappa shape index (κ1) is 15.3. The van der Waals surface area contributed by atoms with E-state index in [-0.39, 0.29) is 5.56 Å². The van der Waals surface area contributed by atoms with E-state index in [1.54, 1.807) is 0 Å². The molecule has 118 valence electrons. The van der Waals surface area contributed by atoms with Crippen molar-refractivity contribution in [3.8, 4) is 0 Å². The van der Waals surface area contributed by atoms with Gasteiger partial charge in [0.2, 0.25) is 0 Å². The topological polar surface area (TPSA) is 48.1 Å². The fraction of sp³-hybridized carbons (Fsp3) is 0.500. The molecule has 1 saturated heterocycles. The van der Waals surface area contributed by atoms with Crippen molar-refractivity contribution in [3.63, 3.8) is 0 Å². The highest BCUT2D eigenvalue weighted by molar-refractivity contribution is 5.84. The number of pyridine rings is 1. The number of aromatic nitrogens is 1. The lowest BCUT2D eigenvalue weighted by Gasteiger charge is -2.33. The Morgan fingerprint density at radius 3 is 2.59 bits per heavy atom. The number of hydrogen-bond acceptors (Lipinski definition) is 3. The molecule has 1 aliphatic rings. The van der Waals surface area contributed by atoms with Crippen molar-refractivity contribution in [3.05, 3.63) is 46.4 Å². The fourth-order valence-corrected chi connectivity index (χ4v) is 3.37. The molecule has 0 bridgehead atoms. The number of likely N-dealkylation sites (tertiary alicyclic amines) is 1. The van der Waals surface area contributed by atoms with Crippen LogP contribution in [0.2, 0.25) is 0 Å². The second-order valence-corrected chi connectivity index (χ2v) is 6.56. The summed E-state index contributed by atoms with van der Waals surface area (Å²) < 4.78 is 0. The molecular weight excluding hydrogens is 274 g/mol. The second-order valence-electron chi connectivity index (χ2n) is 6.56. The summed E-state index contributed by atoms with van der Waals surface area (Å²) in [5, 5.41) is 5.49. The summed E-state index contributed by atoms with van der Waals surface area (Å²) in [6.07, 6.45) is 4.27. The van der Waals surface area contributed by atoms with Crippen molar-refractivity contribution in [2.24, 2.45) is 0 Å². The molecule has 0 unspecified atom stereocenters. The maximum atomic E-state index is 11.9. The fourth-order valence-electron chi connectivity index (χ4n) is 3.37. The van der Waals surface area contributed by atoms with Gasteiger partial charge < -0.3 is 10.3 Å². The molecule has 0 saturated carbocycles. The first-order valence-electron chi connectivity index (χ1n) is 8.21. The molecule has 1 aromatic heterocycles. The lowest BCUT2D eigenvalue weighted by molar-refractivity contribution is 0.187. The van der Waals surface area contributed by atoms with Gasteiger partial charge in [0.15, 0.2) is 0 Å².